The van der Waals surface area contributed by atoms with Crippen LogP contribution in [0.2, 0.25) is 0 Å². The van der Waals surface area contributed by atoms with Gasteiger partial charge in [-0.15, -0.1) is 0 Å². The van der Waals surface area contributed by atoms with Crippen molar-refractivity contribution in [1.82, 2.24) is 9.55 Å². The minimum Gasteiger partial charge on any atom is -0.491 e. The molecule has 0 unspecified atom stereocenters. The van der Waals surface area contributed by atoms with E-state index in [4.69, 9.17) is 21.7 Å². The van der Waals surface area contributed by atoms with Crippen LogP contribution in [0, 0.1) is 4.77 Å². The first-order valence-corrected chi connectivity index (χ1v) is 9.63. The van der Waals surface area contributed by atoms with Gasteiger partial charge in [0.15, 0.2) is 4.77 Å². The zero-order chi connectivity index (χ0) is 19.3. The highest BCUT2D eigenvalue weighted by Crippen LogP contribution is 2.20. The van der Waals surface area contributed by atoms with Crippen molar-refractivity contribution >= 4 is 23.8 Å². The fourth-order valence-electron chi connectivity index (χ4n) is 3.16. The Bertz CT molecular complexity index is 990. The number of ether oxygens (including phenoxy) is 2. The zero-order valence-electron chi connectivity index (χ0n) is 15.3. The van der Waals surface area contributed by atoms with Gasteiger partial charge < -0.3 is 19.8 Å². The standard InChI is InChI=1S/C21H21N3O3S/c25-20(19-13-22-21(28)24(19)16-5-2-1-3-6-16)23-15-8-10-17(11-9-15)27-14-18-7-4-12-26-18/h1-3,5-6,8-11,13,18H,4,7,12,14H2,(H,22,28)(H,23,25)/t18-/m1/s1. The monoisotopic (exact) mass is 395 g/mol. The van der Waals surface area contributed by atoms with Gasteiger partial charge in [-0.05, 0) is 61.5 Å². The van der Waals surface area contributed by atoms with Gasteiger partial charge in [0.1, 0.15) is 18.1 Å². The predicted molar refractivity (Wildman–Crippen MR) is 110 cm³/mol. The number of hydrogen-bond acceptors (Lipinski definition) is 4. The van der Waals surface area contributed by atoms with E-state index < -0.39 is 0 Å². The van der Waals surface area contributed by atoms with Crippen molar-refractivity contribution in [2.45, 2.75) is 18.9 Å². The van der Waals surface area contributed by atoms with Gasteiger partial charge in [0, 0.05) is 24.2 Å². The summed E-state index contributed by atoms with van der Waals surface area (Å²) in [5, 5.41) is 2.90. The molecule has 6 nitrogen and oxygen atoms in total. The van der Waals surface area contributed by atoms with Crippen molar-refractivity contribution in [3.63, 3.8) is 0 Å². The Hall–Kier alpha value is -2.90. The lowest BCUT2D eigenvalue weighted by atomic mass is 10.2. The SMILES string of the molecule is O=C(Nc1ccc(OC[C@H]2CCCO2)cc1)c1c[nH]c(=S)n1-c1ccccc1. The quantitative estimate of drug-likeness (QED) is 0.609. The topological polar surface area (TPSA) is 68.3 Å². The summed E-state index contributed by atoms with van der Waals surface area (Å²) in [6, 6.07) is 16.8. The largest absolute Gasteiger partial charge is 0.491 e. The lowest BCUT2D eigenvalue weighted by Gasteiger charge is -2.12. The van der Waals surface area contributed by atoms with Gasteiger partial charge in [-0.3, -0.25) is 9.36 Å². The third-order valence-corrected chi connectivity index (χ3v) is 4.90. The number of nitrogens with zero attached hydrogens (tertiary/aromatic N) is 1. The van der Waals surface area contributed by atoms with Crippen molar-refractivity contribution in [3.8, 4) is 11.4 Å². The molecule has 1 aromatic heterocycles. The Morgan fingerprint density at radius 2 is 2.00 bits per heavy atom. The molecule has 1 atom stereocenters. The molecule has 1 fully saturated rings. The third-order valence-electron chi connectivity index (χ3n) is 4.60. The Morgan fingerprint density at radius 1 is 1.21 bits per heavy atom. The van der Waals surface area contributed by atoms with E-state index in [1.165, 1.54) is 0 Å². The summed E-state index contributed by atoms with van der Waals surface area (Å²) >= 11 is 5.33. The van der Waals surface area contributed by atoms with E-state index in [2.05, 4.69) is 10.3 Å². The van der Waals surface area contributed by atoms with Gasteiger partial charge >= 0.3 is 0 Å². The molecule has 0 spiro atoms. The molecular formula is C21H21N3O3S. The molecule has 1 amide bonds. The highest BCUT2D eigenvalue weighted by molar-refractivity contribution is 7.71. The van der Waals surface area contributed by atoms with Crippen LogP contribution < -0.4 is 10.1 Å². The van der Waals surface area contributed by atoms with Gasteiger partial charge in [-0.25, -0.2) is 0 Å². The predicted octanol–water partition coefficient (Wildman–Crippen LogP) is 4.34. The highest BCUT2D eigenvalue weighted by Gasteiger charge is 2.16. The number of rotatable bonds is 6. The van der Waals surface area contributed by atoms with Gasteiger partial charge in [0.2, 0.25) is 0 Å². The van der Waals surface area contributed by atoms with E-state index in [0.717, 1.165) is 30.9 Å². The molecule has 4 rings (SSSR count). The zero-order valence-corrected chi connectivity index (χ0v) is 16.1. The Kier molecular flexibility index (Phi) is 5.55. The lowest BCUT2D eigenvalue weighted by Crippen LogP contribution is -2.17. The van der Waals surface area contributed by atoms with Crippen molar-refractivity contribution < 1.29 is 14.3 Å². The second-order valence-electron chi connectivity index (χ2n) is 6.57. The van der Waals surface area contributed by atoms with Gasteiger partial charge in [0.05, 0.1) is 6.10 Å². The smallest absolute Gasteiger partial charge is 0.274 e. The lowest BCUT2D eigenvalue weighted by molar-refractivity contribution is 0.0679. The van der Waals surface area contributed by atoms with Crippen LogP contribution in [0.25, 0.3) is 5.69 Å². The average Bonchev–Trinajstić information content (AvgIpc) is 3.38. The van der Waals surface area contributed by atoms with E-state index in [9.17, 15) is 4.79 Å². The number of aromatic amines is 1. The van der Waals surface area contributed by atoms with Crippen molar-refractivity contribution in [3.05, 3.63) is 71.3 Å². The molecule has 0 saturated carbocycles. The van der Waals surface area contributed by atoms with Crippen LogP contribution in [0.5, 0.6) is 5.75 Å². The van der Waals surface area contributed by atoms with E-state index in [1.54, 1.807) is 10.8 Å². The van der Waals surface area contributed by atoms with E-state index >= 15 is 0 Å². The summed E-state index contributed by atoms with van der Waals surface area (Å²) in [6.07, 6.45) is 3.92. The molecule has 28 heavy (non-hydrogen) atoms. The second kappa shape index (κ2) is 8.41. The first-order valence-electron chi connectivity index (χ1n) is 9.22. The minimum absolute atomic E-state index is 0.175. The molecule has 144 valence electrons. The highest BCUT2D eigenvalue weighted by atomic mass is 32.1. The van der Waals surface area contributed by atoms with Crippen molar-refractivity contribution in [2.24, 2.45) is 0 Å². The molecule has 1 aliphatic rings. The van der Waals surface area contributed by atoms with E-state index in [-0.39, 0.29) is 12.0 Å². The molecule has 1 aliphatic heterocycles. The molecule has 0 bridgehead atoms. The molecule has 3 aromatic rings. The fraction of sp³-hybridized carbons (Fsp3) is 0.238. The molecular weight excluding hydrogens is 374 g/mol. The van der Waals surface area contributed by atoms with Gasteiger partial charge in [-0.1, -0.05) is 18.2 Å². The van der Waals surface area contributed by atoms with Crippen LogP contribution in [0.4, 0.5) is 5.69 Å². The molecule has 1 saturated heterocycles. The van der Waals surface area contributed by atoms with Crippen LogP contribution in [0.1, 0.15) is 23.3 Å². The third kappa shape index (κ3) is 4.16. The number of benzene rings is 2. The molecule has 7 heteroatoms. The van der Waals surface area contributed by atoms with E-state index in [0.29, 0.717) is 22.8 Å². The van der Waals surface area contributed by atoms with Crippen LogP contribution >= 0.6 is 12.2 Å². The summed E-state index contributed by atoms with van der Waals surface area (Å²) in [7, 11) is 0. The number of carbonyl (C=O) groups excluding carboxylic acids is 1. The normalized spacial score (nSPS) is 16.1. The number of H-pyrrole nitrogens is 1. The van der Waals surface area contributed by atoms with Crippen LogP contribution in [-0.2, 0) is 4.74 Å². The Balaban J connectivity index is 1.43. The number of aromatic nitrogens is 2. The molecule has 0 aliphatic carbocycles. The van der Waals surface area contributed by atoms with Crippen LogP contribution in [0.3, 0.4) is 0 Å². The number of imidazole rings is 1. The summed E-state index contributed by atoms with van der Waals surface area (Å²) in [4.78, 5) is 15.7. The maximum Gasteiger partial charge on any atom is 0.274 e. The summed E-state index contributed by atoms with van der Waals surface area (Å²) in [5.41, 5.74) is 1.95. The first-order chi connectivity index (χ1) is 13.7. The van der Waals surface area contributed by atoms with Crippen molar-refractivity contribution in [2.75, 3.05) is 18.5 Å². The maximum atomic E-state index is 12.8. The van der Waals surface area contributed by atoms with Crippen molar-refractivity contribution in [1.29, 1.82) is 0 Å². The number of hydrogen-bond donors (Lipinski definition) is 2. The Morgan fingerprint density at radius 3 is 2.71 bits per heavy atom. The average molecular weight is 395 g/mol. The Labute approximate surface area is 168 Å². The number of nitrogens with one attached hydrogen (secondary N) is 2. The molecule has 2 heterocycles. The number of carbonyl (C=O) groups is 1. The molecule has 2 N–H and O–H groups in total. The van der Waals surface area contributed by atoms with Crippen LogP contribution in [-0.4, -0.2) is 34.8 Å². The van der Waals surface area contributed by atoms with Gasteiger partial charge in [-0.2, -0.15) is 0 Å². The summed E-state index contributed by atoms with van der Waals surface area (Å²) in [5.74, 6) is 0.506. The molecule has 0 radical (unpaired) electrons. The summed E-state index contributed by atoms with van der Waals surface area (Å²) in [6.45, 7) is 1.36. The number of anilines is 1. The fourth-order valence-corrected chi connectivity index (χ4v) is 3.43. The second-order valence-corrected chi connectivity index (χ2v) is 6.96. The summed E-state index contributed by atoms with van der Waals surface area (Å²) < 4.78 is 13.5. The number of amides is 1. The first kappa shape index (κ1) is 18.5. The van der Waals surface area contributed by atoms with E-state index in [1.807, 2.05) is 54.6 Å². The number of para-hydroxylation sites is 1. The minimum atomic E-state index is -0.246. The molecule has 2 aromatic carbocycles. The maximum absolute atomic E-state index is 12.8. The van der Waals surface area contributed by atoms with Crippen LogP contribution in [0.15, 0.2) is 60.8 Å². The van der Waals surface area contributed by atoms with Gasteiger partial charge in [0.25, 0.3) is 5.91 Å².